The molecule has 6 nitrogen and oxygen atoms in total. The summed E-state index contributed by atoms with van der Waals surface area (Å²) >= 11 is 0. The number of carbonyl (C=O) groups excluding carboxylic acids is 1. The highest BCUT2D eigenvalue weighted by molar-refractivity contribution is 6.10. The number of rotatable bonds is 7. The van der Waals surface area contributed by atoms with Crippen molar-refractivity contribution in [2.45, 2.75) is 26.7 Å². The minimum atomic E-state index is -0.120. The summed E-state index contributed by atoms with van der Waals surface area (Å²) in [5, 5.41) is 11.3. The number of ether oxygens (including phenoxy) is 1. The van der Waals surface area contributed by atoms with E-state index in [9.17, 15) is 4.79 Å². The fourth-order valence-corrected chi connectivity index (χ4v) is 3.52. The SMILES string of the molecule is CCCCNC(=O)c1cc(-c2ccc(OC)cc2)nc2n[nH]c(-c3ccc(C)cc3)c12. The number of amides is 1. The average molecular weight is 415 g/mol. The van der Waals surface area contributed by atoms with Crippen LogP contribution in [0.25, 0.3) is 33.5 Å². The molecule has 6 heteroatoms. The fourth-order valence-electron chi connectivity index (χ4n) is 3.52. The van der Waals surface area contributed by atoms with Crippen LogP contribution in [0.4, 0.5) is 0 Å². The van der Waals surface area contributed by atoms with Gasteiger partial charge in [0, 0.05) is 17.7 Å². The number of hydrogen-bond acceptors (Lipinski definition) is 4. The molecule has 0 aliphatic heterocycles. The summed E-state index contributed by atoms with van der Waals surface area (Å²) in [6.07, 6.45) is 1.95. The van der Waals surface area contributed by atoms with Gasteiger partial charge in [-0.15, -0.1) is 0 Å². The van der Waals surface area contributed by atoms with E-state index < -0.39 is 0 Å². The fraction of sp³-hybridized carbons (Fsp3) is 0.240. The lowest BCUT2D eigenvalue weighted by atomic mass is 10.0. The summed E-state index contributed by atoms with van der Waals surface area (Å²) in [5.74, 6) is 0.647. The Hall–Kier alpha value is -3.67. The Morgan fingerprint density at radius 2 is 1.77 bits per heavy atom. The van der Waals surface area contributed by atoms with Crippen LogP contribution in [0.15, 0.2) is 54.6 Å². The topological polar surface area (TPSA) is 79.9 Å². The number of unbranched alkanes of at least 4 members (excludes halogenated alkanes) is 1. The number of carbonyl (C=O) groups is 1. The third-order valence-corrected chi connectivity index (χ3v) is 5.31. The van der Waals surface area contributed by atoms with Crippen molar-refractivity contribution in [3.8, 4) is 28.3 Å². The van der Waals surface area contributed by atoms with E-state index in [4.69, 9.17) is 9.72 Å². The molecule has 0 fully saturated rings. The minimum absolute atomic E-state index is 0.120. The Labute approximate surface area is 181 Å². The molecular formula is C25H26N4O2. The van der Waals surface area contributed by atoms with Gasteiger partial charge in [-0.25, -0.2) is 4.98 Å². The van der Waals surface area contributed by atoms with Gasteiger partial charge in [-0.3, -0.25) is 9.89 Å². The molecule has 0 saturated carbocycles. The first kappa shape index (κ1) is 20.6. The summed E-state index contributed by atoms with van der Waals surface area (Å²) in [4.78, 5) is 17.9. The number of methoxy groups -OCH3 is 1. The van der Waals surface area contributed by atoms with Crippen molar-refractivity contribution in [1.82, 2.24) is 20.5 Å². The molecule has 0 saturated heterocycles. The van der Waals surface area contributed by atoms with Crippen molar-refractivity contribution in [1.29, 1.82) is 0 Å². The van der Waals surface area contributed by atoms with Crippen LogP contribution >= 0.6 is 0 Å². The van der Waals surface area contributed by atoms with Crippen LogP contribution in [0.5, 0.6) is 5.75 Å². The highest BCUT2D eigenvalue weighted by atomic mass is 16.5. The van der Waals surface area contributed by atoms with Gasteiger partial charge >= 0.3 is 0 Å². The molecule has 2 N–H and O–H groups in total. The quantitative estimate of drug-likeness (QED) is 0.411. The number of aryl methyl sites for hydroxylation is 1. The third-order valence-electron chi connectivity index (χ3n) is 5.31. The van der Waals surface area contributed by atoms with E-state index >= 15 is 0 Å². The van der Waals surface area contributed by atoms with E-state index in [1.54, 1.807) is 7.11 Å². The smallest absolute Gasteiger partial charge is 0.252 e. The Bertz CT molecular complexity index is 1190. The third kappa shape index (κ3) is 4.28. The van der Waals surface area contributed by atoms with Crippen molar-refractivity contribution in [3.63, 3.8) is 0 Å². The molecule has 0 aliphatic carbocycles. The van der Waals surface area contributed by atoms with Gasteiger partial charge < -0.3 is 10.1 Å². The number of hydrogen-bond donors (Lipinski definition) is 2. The first-order chi connectivity index (χ1) is 15.1. The van der Waals surface area contributed by atoms with E-state index in [1.165, 1.54) is 5.56 Å². The lowest BCUT2D eigenvalue weighted by molar-refractivity contribution is 0.0955. The Kier molecular flexibility index (Phi) is 5.98. The number of nitrogens with one attached hydrogen (secondary N) is 2. The van der Waals surface area contributed by atoms with Gasteiger partial charge in [0.1, 0.15) is 5.75 Å². The number of fused-ring (bicyclic) bond motifs is 1. The Morgan fingerprint density at radius 3 is 2.45 bits per heavy atom. The molecule has 0 aliphatic rings. The molecule has 1 amide bonds. The maximum Gasteiger partial charge on any atom is 0.252 e. The van der Waals surface area contributed by atoms with E-state index in [1.807, 2.05) is 61.5 Å². The highest BCUT2D eigenvalue weighted by Gasteiger charge is 2.20. The average Bonchev–Trinajstić information content (AvgIpc) is 3.23. The predicted octanol–water partition coefficient (Wildman–Crippen LogP) is 5.14. The number of nitrogens with zero attached hydrogens (tertiary/aromatic N) is 2. The van der Waals surface area contributed by atoms with Crippen LogP contribution in [0.3, 0.4) is 0 Å². The number of H-pyrrole nitrogens is 1. The zero-order chi connectivity index (χ0) is 21.8. The van der Waals surface area contributed by atoms with Crippen molar-refractivity contribution in [2.75, 3.05) is 13.7 Å². The molecule has 31 heavy (non-hydrogen) atoms. The zero-order valence-corrected chi connectivity index (χ0v) is 18.0. The molecule has 2 heterocycles. The molecule has 0 spiro atoms. The predicted molar refractivity (Wildman–Crippen MR) is 123 cm³/mol. The molecule has 2 aromatic carbocycles. The zero-order valence-electron chi connectivity index (χ0n) is 18.0. The maximum absolute atomic E-state index is 13.2. The first-order valence-corrected chi connectivity index (χ1v) is 10.5. The maximum atomic E-state index is 13.2. The molecule has 0 bridgehead atoms. The number of pyridine rings is 1. The minimum Gasteiger partial charge on any atom is -0.497 e. The number of aromatic amines is 1. The van der Waals surface area contributed by atoms with Crippen molar-refractivity contribution in [2.24, 2.45) is 0 Å². The van der Waals surface area contributed by atoms with Gasteiger partial charge in [0.25, 0.3) is 5.91 Å². The molecule has 4 aromatic rings. The number of aromatic nitrogens is 3. The molecule has 0 radical (unpaired) electrons. The normalized spacial score (nSPS) is 10.9. The van der Waals surface area contributed by atoms with Crippen molar-refractivity contribution >= 4 is 16.9 Å². The van der Waals surface area contributed by atoms with Gasteiger partial charge in [0.2, 0.25) is 0 Å². The molecule has 0 unspecified atom stereocenters. The second kappa shape index (κ2) is 9.00. The van der Waals surface area contributed by atoms with Gasteiger partial charge in [0.05, 0.1) is 29.4 Å². The summed E-state index contributed by atoms with van der Waals surface area (Å²) in [6.45, 7) is 4.78. The van der Waals surface area contributed by atoms with Crippen LogP contribution < -0.4 is 10.1 Å². The van der Waals surface area contributed by atoms with E-state index in [2.05, 4.69) is 22.4 Å². The van der Waals surface area contributed by atoms with Crippen LogP contribution in [0.1, 0.15) is 35.7 Å². The summed E-state index contributed by atoms with van der Waals surface area (Å²) in [7, 11) is 1.63. The second-order valence-electron chi connectivity index (χ2n) is 7.56. The largest absolute Gasteiger partial charge is 0.497 e. The standard InChI is InChI=1S/C25H26N4O2/c1-4-5-14-26-25(30)20-15-21(17-10-12-19(31-3)13-11-17)27-24-22(20)23(28-29-24)18-8-6-16(2)7-9-18/h6-13,15H,4-5,14H2,1-3H3,(H,26,30)(H,27,28,29). The van der Waals surface area contributed by atoms with Gasteiger partial charge in [0.15, 0.2) is 5.65 Å². The monoisotopic (exact) mass is 414 g/mol. The van der Waals surface area contributed by atoms with Crippen LogP contribution in [-0.2, 0) is 0 Å². The molecule has 158 valence electrons. The molecule has 2 aromatic heterocycles. The van der Waals surface area contributed by atoms with E-state index in [0.29, 0.717) is 23.4 Å². The molecule has 0 atom stereocenters. The van der Waals surface area contributed by atoms with E-state index in [0.717, 1.165) is 40.8 Å². The summed E-state index contributed by atoms with van der Waals surface area (Å²) in [6, 6.07) is 17.6. The molecule has 4 rings (SSSR count). The highest BCUT2D eigenvalue weighted by Crippen LogP contribution is 2.32. The van der Waals surface area contributed by atoms with Crippen LogP contribution in [-0.4, -0.2) is 34.7 Å². The first-order valence-electron chi connectivity index (χ1n) is 10.5. The van der Waals surface area contributed by atoms with Gasteiger partial charge in [-0.2, -0.15) is 5.10 Å². The van der Waals surface area contributed by atoms with Crippen molar-refractivity contribution < 1.29 is 9.53 Å². The molecular weight excluding hydrogens is 388 g/mol. The Balaban J connectivity index is 1.85. The van der Waals surface area contributed by atoms with Crippen LogP contribution in [0, 0.1) is 6.92 Å². The van der Waals surface area contributed by atoms with E-state index in [-0.39, 0.29) is 5.91 Å². The van der Waals surface area contributed by atoms with Gasteiger partial charge in [-0.05, 0) is 43.7 Å². The summed E-state index contributed by atoms with van der Waals surface area (Å²) < 4.78 is 5.25. The lowest BCUT2D eigenvalue weighted by Crippen LogP contribution is -2.24. The number of benzene rings is 2. The second-order valence-corrected chi connectivity index (χ2v) is 7.56. The Morgan fingerprint density at radius 1 is 1.06 bits per heavy atom. The van der Waals surface area contributed by atoms with Gasteiger partial charge in [-0.1, -0.05) is 43.2 Å². The summed E-state index contributed by atoms with van der Waals surface area (Å²) in [5.41, 5.74) is 5.60. The lowest BCUT2D eigenvalue weighted by Gasteiger charge is -2.10. The van der Waals surface area contributed by atoms with Crippen molar-refractivity contribution in [3.05, 3.63) is 65.7 Å². The van der Waals surface area contributed by atoms with Crippen LogP contribution in [0.2, 0.25) is 0 Å².